The van der Waals surface area contributed by atoms with Gasteiger partial charge in [0.2, 0.25) is 10.0 Å². The van der Waals surface area contributed by atoms with Crippen LogP contribution in [0.1, 0.15) is 6.92 Å². The molecule has 0 spiro atoms. The number of sulfonamides is 1. The third-order valence-corrected chi connectivity index (χ3v) is 4.94. The third-order valence-electron chi connectivity index (χ3n) is 3.10. The first-order valence-corrected chi connectivity index (χ1v) is 7.59. The average Bonchev–Trinajstić information content (AvgIpc) is 2.71. The zero-order valence-corrected chi connectivity index (χ0v) is 11.5. The van der Waals surface area contributed by atoms with Crippen molar-refractivity contribution in [2.75, 3.05) is 25.0 Å². The van der Waals surface area contributed by atoms with Gasteiger partial charge in [0.25, 0.3) is 0 Å². The van der Waals surface area contributed by atoms with Gasteiger partial charge in [-0.1, -0.05) is 0 Å². The summed E-state index contributed by atoms with van der Waals surface area (Å²) in [6, 6.07) is 6.42. The molecule has 0 aliphatic carbocycles. The predicted octanol–water partition coefficient (Wildman–Crippen LogP) is -0.156. The van der Waals surface area contributed by atoms with Crippen molar-refractivity contribution in [3.63, 3.8) is 0 Å². The van der Waals surface area contributed by atoms with E-state index in [0.717, 1.165) is 16.5 Å². The molecule has 106 valence electrons. The molecule has 1 saturated heterocycles. The molecule has 1 aliphatic rings. The Balaban J connectivity index is 2.20. The minimum Gasteiger partial charge on any atom is -0.389 e. The lowest BCUT2D eigenvalue weighted by atomic mass is 10.3. The maximum absolute atomic E-state index is 12.3. The maximum Gasteiger partial charge on any atom is 0.243 e. The van der Waals surface area contributed by atoms with Crippen LogP contribution in [0.2, 0.25) is 0 Å². The molecular formula is C12H18N2O4S. The Morgan fingerprint density at radius 2 is 1.74 bits per heavy atom. The molecule has 19 heavy (non-hydrogen) atoms. The van der Waals surface area contributed by atoms with Gasteiger partial charge in [0.1, 0.15) is 0 Å². The Bertz CT molecular complexity index is 519. The van der Waals surface area contributed by atoms with Crippen LogP contribution in [0.5, 0.6) is 0 Å². The first kappa shape index (κ1) is 14.3. The van der Waals surface area contributed by atoms with Crippen LogP contribution < -0.4 is 5.32 Å². The highest BCUT2D eigenvalue weighted by Crippen LogP contribution is 2.22. The minimum absolute atomic E-state index is 0.0710. The second kappa shape index (κ2) is 5.46. The fourth-order valence-corrected chi connectivity index (χ4v) is 3.51. The van der Waals surface area contributed by atoms with Crippen LogP contribution in [0, 0.1) is 0 Å². The summed E-state index contributed by atoms with van der Waals surface area (Å²) >= 11 is 0. The van der Waals surface area contributed by atoms with E-state index in [0.29, 0.717) is 0 Å². The average molecular weight is 286 g/mol. The Morgan fingerprint density at radius 1 is 1.21 bits per heavy atom. The Morgan fingerprint density at radius 3 is 2.21 bits per heavy atom. The number of aliphatic hydroxyl groups excluding tert-OH is 2. The standard InChI is InChI=1S/C12H18N2O4S/c1-2-13-9-3-5-10(6-4-9)19(17,18)14-7-11(15)12(16)8-14/h3-6,11-13,15-16H,2,7-8H2,1H3. The normalized spacial score (nSPS) is 24.6. The van der Waals surface area contributed by atoms with Crippen molar-refractivity contribution in [3.8, 4) is 0 Å². The molecule has 2 rings (SSSR count). The number of benzene rings is 1. The molecular weight excluding hydrogens is 268 g/mol. The van der Waals surface area contributed by atoms with Crippen molar-refractivity contribution in [1.82, 2.24) is 4.31 Å². The van der Waals surface area contributed by atoms with Crippen LogP contribution >= 0.6 is 0 Å². The lowest BCUT2D eigenvalue weighted by Gasteiger charge is -2.15. The summed E-state index contributed by atoms with van der Waals surface area (Å²) < 4.78 is 25.7. The molecule has 0 radical (unpaired) electrons. The summed E-state index contributed by atoms with van der Waals surface area (Å²) in [7, 11) is -3.65. The lowest BCUT2D eigenvalue weighted by molar-refractivity contribution is 0.0572. The number of hydrogen-bond acceptors (Lipinski definition) is 5. The molecule has 0 bridgehead atoms. The molecule has 6 nitrogen and oxygen atoms in total. The molecule has 3 N–H and O–H groups in total. The number of rotatable bonds is 4. The van der Waals surface area contributed by atoms with Crippen molar-refractivity contribution >= 4 is 15.7 Å². The number of anilines is 1. The van der Waals surface area contributed by atoms with Gasteiger partial charge in [0, 0.05) is 25.3 Å². The third kappa shape index (κ3) is 2.89. The molecule has 0 amide bonds. The topological polar surface area (TPSA) is 89.9 Å². The van der Waals surface area contributed by atoms with E-state index >= 15 is 0 Å². The lowest BCUT2D eigenvalue weighted by Crippen LogP contribution is -2.29. The summed E-state index contributed by atoms with van der Waals surface area (Å²) in [5.41, 5.74) is 0.850. The van der Waals surface area contributed by atoms with E-state index in [1.807, 2.05) is 6.92 Å². The van der Waals surface area contributed by atoms with Gasteiger partial charge in [-0.25, -0.2) is 8.42 Å². The summed E-state index contributed by atoms with van der Waals surface area (Å²) in [6.07, 6.45) is -2.04. The van der Waals surface area contributed by atoms with Crippen LogP contribution in [0.3, 0.4) is 0 Å². The summed E-state index contributed by atoms with van der Waals surface area (Å²) in [5, 5.41) is 21.9. The van der Waals surface area contributed by atoms with E-state index in [-0.39, 0.29) is 18.0 Å². The van der Waals surface area contributed by atoms with Crippen LogP contribution in [0.25, 0.3) is 0 Å². The maximum atomic E-state index is 12.3. The zero-order chi connectivity index (χ0) is 14.0. The summed E-state index contributed by atoms with van der Waals surface area (Å²) in [6.45, 7) is 2.57. The van der Waals surface area contributed by atoms with Crippen LogP contribution in [-0.4, -0.2) is 54.8 Å². The van der Waals surface area contributed by atoms with Gasteiger partial charge in [-0.15, -0.1) is 0 Å². The number of nitrogens with one attached hydrogen (secondary N) is 1. The highest BCUT2D eigenvalue weighted by Gasteiger charge is 2.37. The van der Waals surface area contributed by atoms with Gasteiger partial charge in [-0.05, 0) is 31.2 Å². The predicted molar refractivity (Wildman–Crippen MR) is 71.4 cm³/mol. The highest BCUT2D eigenvalue weighted by atomic mass is 32.2. The quantitative estimate of drug-likeness (QED) is 0.716. The summed E-state index contributed by atoms with van der Waals surface area (Å²) in [5.74, 6) is 0. The van der Waals surface area contributed by atoms with E-state index in [1.165, 1.54) is 12.1 Å². The second-order valence-electron chi connectivity index (χ2n) is 4.51. The van der Waals surface area contributed by atoms with E-state index in [4.69, 9.17) is 0 Å². The van der Waals surface area contributed by atoms with E-state index in [9.17, 15) is 18.6 Å². The first-order valence-electron chi connectivity index (χ1n) is 6.15. The van der Waals surface area contributed by atoms with Crippen molar-refractivity contribution in [3.05, 3.63) is 24.3 Å². The van der Waals surface area contributed by atoms with Crippen molar-refractivity contribution in [2.24, 2.45) is 0 Å². The van der Waals surface area contributed by atoms with Crippen LogP contribution in [0.4, 0.5) is 5.69 Å². The fourth-order valence-electron chi connectivity index (χ4n) is 2.03. The molecule has 1 heterocycles. The smallest absolute Gasteiger partial charge is 0.243 e. The van der Waals surface area contributed by atoms with Crippen molar-refractivity contribution in [2.45, 2.75) is 24.0 Å². The minimum atomic E-state index is -3.65. The van der Waals surface area contributed by atoms with E-state index in [1.54, 1.807) is 12.1 Å². The Hall–Kier alpha value is -1.15. The summed E-state index contributed by atoms with van der Waals surface area (Å²) in [4.78, 5) is 0.162. The van der Waals surface area contributed by atoms with Gasteiger partial charge < -0.3 is 15.5 Å². The molecule has 1 aromatic rings. The first-order chi connectivity index (χ1) is 8.95. The monoisotopic (exact) mass is 286 g/mol. The Kier molecular flexibility index (Phi) is 4.10. The second-order valence-corrected chi connectivity index (χ2v) is 6.45. The van der Waals surface area contributed by atoms with Gasteiger partial charge in [-0.2, -0.15) is 4.31 Å². The van der Waals surface area contributed by atoms with E-state index in [2.05, 4.69) is 5.32 Å². The number of β-amino-alcohol motifs (C(OH)–C–C–N with tert-alkyl or cyclic N) is 2. The van der Waals surface area contributed by atoms with Crippen LogP contribution in [0.15, 0.2) is 29.2 Å². The highest BCUT2D eigenvalue weighted by molar-refractivity contribution is 7.89. The van der Waals surface area contributed by atoms with Crippen molar-refractivity contribution in [1.29, 1.82) is 0 Å². The van der Waals surface area contributed by atoms with Gasteiger partial charge in [0.05, 0.1) is 17.1 Å². The molecule has 0 aromatic heterocycles. The number of aliphatic hydroxyl groups is 2. The molecule has 2 unspecified atom stereocenters. The van der Waals surface area contributed by atoms with Gasteiger partial charge in [0.15, 0.2) is 0 Å². The molecule has 2 atom stereocenters. The number of hydrogen-bond donors (Lipinski definition) is 3. The van der Waals surface area contributed by atoms with Crippen LogP contribution in [-0.2, 0) is 10.0 Å². The molecule has 0 saturated carbocycles. The van der Waals surface area contributed by atoms with Crippen molar-refractivity contribution < 1.29 is 18.6 Å². The largest absolute Gasteiger partial charge is 0.389 e. The molecule has 1 aromatic carbocycles. The van der Waals surface area contributed by atoms with Gasteiger partial charge in [-0.3, -0.25) is 0 Å². The molecule has 7 heteroatoms. The molecule has 1 fully saturated rings. The van der Waals surface area contributed by atoms with Gasteiger partial charge >= 0.3 is 0 Å². The van der Waals surface area contributed by atoms with E-state index < -0.39 is 22.2 Å². The Labute approximate surface area is 112 Å². The molecule has 1 aliphatic heterocycles. The zero-order valence-electron chi connectivity index (χ0n) is 10.7. The number of nitrogens with zero attached hydrogens (tertiary/aromatic N) is 1. The fraction of sp³-hybridized carbons (Fsp3) is 0.500. The SMILES string of the molecule is CCNc1ccc(S(=O)(=O)N2CC(O)C(O)C2)cc1.